The number of hydrogen-bond donors (Lipinski definition) is 3. The number of carbonyl (C=O) groups excluding carboxylic acids is 2. The average Bonchev–Trinajstić information content (AvgIpc) is 3.10. The molecule has 0 radical (unpaired) electrons. The molecule has 10 nitrogen and oxygen atoms in total. The van der Waals surface area contributed by atoms with Crippen molar-refractivity contribution in [1.82, 2.24) is 24.4 Å². The quantitative estimate of drug-likeness (QED) is 0.385. The van der Waals surface area contributed by atoms with E-state index in [9.17, 15) is 41.4 Å². The fraction of sp³-hybridized carbons (Fsp3) is 0.545. The molecular weight excluding hydrogens is 507 g/mol. The summed E-state index contributed by atoms with van der Waals surface area (Å²) in [6.07, 6.45) is -3.50. The number of fused-ring (bicyclic) bond motifs is 1. The van der Waals surface area contributed by atoms with Crippen molar-refractivity contribution in [2.75, 3.05) is 18.8 Å². The van der Waals surface area contributed by atoms with Gasteiger partial charge in [-0.1, -0.05) is 13.8 Å². The van der Waals surface area contributed by atoms with E-state index in [1.165, 1.54) is 11.0 Å². The Morgan fingerprint density at radius 1 is 1.22 bits per heavy atom. The van der Waals surface area contributed by atoms with Crippen molar-refractivity contribution in [3.63, 3.8) is 0 Å². The van der Waals surface area contributed by atoms with Crippen LogP contribution in [0.25, 0.3) is 11.7 Å². The number of nitrogens with zero attached hydrogens (tertiary/aromatic N) is 4. The molecule has 3 heterocycles. The molecule has 2 amide bonds. The van der Waals surface area contributed by atoms with Gasteiger partial charge in [0.15, 0.2) is 17.0 Å². The molecule has 204 valence electrons. The molecule has 0 unspecified atom stereocenters. The molecule has 3 rings (SSSR count). The van der Waals surface area contributed by atoms with E-state index in [2.05, 4.69) is 5.10 Å². The minimum Gasteiger partial charge on any atom is -0.492 e. The number of aromatic hydroxyl groups is 1. The molecule has 1 fully saturated rings. The van der Waals surface area contributed by atoms with E-state index in [-0.39, 0.29) is 42.6 Å². The van der Waals surface area contributed by atoms with E-state index in [1.54, 1.807) is 19.2 Å². The molecule has 0 aromatic carbocycles. The summed E-state index contributed by atoms with van der Waals surface area (Å²) in [5, 5.41) is 16.2. The molecular formula is C22H27F5N6O4. The van der Waals surface area contributed by atoms with Crippen LogP contribution in [0.5, 0.6) is 5.88 Å². The summed E-state index contributed by atoms with van der Waals surface area (Å²) in [5.74, 6) is -6.41. The Morgan fingerprint density at radius 3 is 2.35 bits per heavy atom. The monoisotopic (exact) mass is 534 g/mol. The van der Waals surface area contributed by atoms with E-state index in [1.807, 2.05) is 0 Å². The predicted molar refractivity (Wildman–Crippen MR) is 123 cm³/mol. The maximum atomic E-state index is 13.4. The minimum absolute atomic E-state index is 0.0133. The second kappa shape index (κ2) is 10.0. The summed E-state index contributed by atoms with van der Waals surface area (Å²) >= 11 is 0. The zero-order valence-electron chi connectivity index (χ0n) is 20.3. The van der Waals surface area contributed by atoms with Gasteiger partial charge in [0.25, 0.3) is 17.4 Å². The van der Waals surface area contributed by atoms with Gasteiger partial charge in [-0.15, -0.1) is 5.10 Å². The zero-order valence-corrected chi connectivity index (χ0v) is 20.3. The molecule has 1 aliphatic rings. The topological polar surface area (TPSA) is 135 Å². The molecule has 2 aromatic heterocycles. The SMILES string of the molecule is CC(C)Cn1c(=O)c(C(=O)N[C@@H](C)C(F)(F)F)c(O)n2nc(N)c(/C=C/C(=O)N3CCC(F)(F)CC3)c12. The van der Waals surface area contributed by atoms with Crippen LogP contribution in [-0.4, -0.2) is 67.2 Å². The van der Waals surface area contributed by atoms with Crippen LogP contribution in [0.1, 0.15) is 49.5 Å². The molecule has 0 saturated carbocycles. The maximum absolute atomic E-state index is 13.4. The Hall–Kier alpha value is -3.65. The number of rotatable bonds is 6. The molecule has 0 aliphatic carbocycles. The molecule has 37 heavy (non-hydrogen) atoms. The number of aromatic nitrogens is 3. The standard InChI is InChI=1S/C22H27F5N6O4/c1-11(2)10-32-18-13(4-5-14(34)31-8-6-21(23,24)7-9-31)16(28)30-33(18)20(37)15(19(32)36)17(35)29-12(3)22(25,26)27/h4-5,11-12,37H,6-10H2,1-3H3,(H2,28,30)(H,29,35)/b5-4+/t12-/m0/s1. The van der Waals surface area contributed by atoms with E-state index in [4.69, 9.17) is 5.73 Å². The Morgan fingerprint density at radius 2 is 1.81 bits per heavy atom. The van der Waals surface area contributed by atoms with Gasteiger partial charge in [0.2, 0.25) is 11.8 Å². The van der Waals surface area contributed by atoms with Crippen molar-refractivity contribution >= 4 is 29.4 Å². The maximum Gasteiger partial charge on any atom is 0.408 e. The molecule has 0 spiro atoms. The van der Waals surface area contributed by atoms with Gasteiger partial charge < -0.3 is 21.1 Å². The Bertz CT molecular complexity index is 1290. The first kappa shape index (κ1) is 27.9. The number of hydrogen-bond acceptors (Lipinski definition) is 6. The minimum atomic E-state index is -4.79. The predicted octanol–water partition coefficient (Wildman–Crippen LogP) is 2.39. The lowest BCUT2D eigenvalue weighted by Crippen LogP contribution is -2.45. The number of likely N-dealkylation sites (tertiary alicyclic amines) is 1. The third-order valence-corrected chi connectivity index (χ3v) is 5.88. The third-order valence-electron chi connectivity index (χ3n) is 5.88. The molecule has 4 N–H and O–H groups in total. The smallest absolute Gasteiger partial charge is 0.408 e. The molecule has 1 saturated heterocycles. The van der Waals surface area contributed by atoms with Crippen molar-refractivity contribution in [1.29, 1.82) is 0 Å². The normalized spacial score (nSPS) is 17.1. The fourth-order valence-electron chi connectivity index (χ4n) is 3.84. The van der Waals surface area contributed by atoms with Gasteiger partial charge >= 0.3 is 6.18 Å². The highest BCUT2D eigenvalue weighted by atomic mass is 19.4. The number of nitrogens with two attached hydrogens (primary N) is 1. The zero-order chi connectivity index (χ0) is 27.9. The van der Waals surface area contributed by atoms with Crippen LogP contribution in [0.2, 0.25) is 0 Å². The van der Waals surface area contributed by atoms with Gasteiger partial charge in [0.1, 0.15) is 6.04 Å². The van der Waals surface area contributed by atoms with Gasteiger partial charge in [-0.05, 0) is 18.9 Å². The summed E-state index contributed by atoms with van der Waals surface area (Å²) in [5.41, 5.74) is 3.80. The Labute approximate surface area is 207 Å². The lowest BCUT2D eigenvalue weighted by Gasteiger charge is -2.30. The first-order chi connectivity index (χ1) is 17.0. The summed E-state index contributed by atoms with van der Waals surface area (Å²) in [6.45, 7) is 3.77. The highest BCUT2D eigenvalue weighted by Crippen LogP contribution is 2.29. The molecule has 15 heteroatoms. The molecule has 0 bridgehead atoms. The van der Waals surface area contributed by atoms with Crippen molar-refractivity contribution in [2.24, 2.45) is 5.92 Å². The number of nitrogens with one attached hydrogen (secondary N) is 1. The van der Waals surface area contributed by atoms with E-state index >= 15 is 0 Å². The average molecular weight is 534 g/mol. The number of nitrogen functional groups attached to an aromatic ring is 1. The Balaban J connectivity index is 2.08. The van der Waals surface area contributed by atoms with Crippen LogP contribution in [0.3, 0.4) is 0 Å². The number of halogens is 5. The van der Waals surface area contributed by atoms with Crippen LogP contribution in [0.15, 0.2) is 10.9 Å². The molecule has 2 aromatic rings. The van der Waals surface area contributed by atoms with Crippen LogP contribution < -0.4 is 16.6 Å². The van der Waals surface area contributed by atoms with Gasteiger partial charge in [-0.25, -0.2) is 8.78 Å². The van der Waals surface area contributed by atoms with Crippen molar-refractivity contribution < 1.29 is 36.6 Å². The number of piperidine rings is 1. The van der Waals surface area contributed by atoms with Crippen LogP contribution in [0.4, 0.5) is 27.8 Å². The highest BCUT2D eigenvalue weighted by molar-refractivity contribution is 5.97. The van der Waals surface area contributed by atoms with Crippen LogP contribution in [-0.2, 0) is 11.3 Å². The van der Waals surface area contributed by atoms with E-state index in [0.717, 1.165) is 15.2 Å². The van der Waals surface area contributed by atoms with Crippen molar-refractivity contribution in [3.05, 3.63) is 27.6 Å². The van der Waals surface area contributed by atoms with Gasteiger partial charge in [-0.3, -0.25) is 19.0 Å². The van der Waals surface area contributed by atoms with E-state index in [0.29, 0.717) is 6.92 Å². The van der Waals surface area contributed by atoms with Gasteiger partial charge in [0.05, 0.1) is 5.56 Å². The first-order valence-electron chi connectivity index (χ1n) is 11.4. The lowest BCUT2D eigenvalue weighted by atomic mass is 10.1. The number of anilines is 1. The second-order valence-electron chi connectivity index (χ2n) is 9.29. The summed E-state index contributed by atoms with van der Waals surface area (Å²) in [7, 11) is 0. The Kier molecular flexibility index (Phi) is 7.56. The van der Waals surface area contributed by atoms with Crippen molar-refractivity contribution in [3.8, 4) is 5.88 Å². The molecule has 1 aliphatic heterocycles. The first-order valence-corrected chi connectivity index (χ1v) is 11.4. The van der Waals surface area contributed by atoms with Crippen LogP contribution >= 0.6 is 0 Å². The largest absolute Gasteiger partial charge is 0.492 e. The summed E-state index contributed by atoms with van der Waals surface area (Å²) in [4.78, 5) is 39.6. The van der Waals surface area contributed by atoms with E-state index < -0.39 is 59.8 Å². The number of carbonyl (C=O) groups is 2. The van der Waals surface area contributed by atoms with Gasteiger partial charge in [0, 0.05) is 38.6 Å². The van der Waals surface area contributed by atoms with Gasteiger partial charge in [-0.2, -0.15) is 17.7 Å². The highest BCUT2D eigenvalue weighted by Gasteiger charge is 2.39. The summed E-state index contributed by atoms with van der Waals surface area (Å²) in [6, 6.07) is -2.31. The third kappa shape index (κ3) is 5.85. The number of alkyl halides is 5. The summed E-state index contributed by atoms with van der Waals surface area (Å²) < 4.78 is 67.4. The fourth-order valence-corrected chi connectivity index (χ4v) is 3.84. The molecule has 1 atom stereocenters. The lowest BCUT2D eigenvalue weighted by molar-refractivity contribution is -0.149. The van der Waals surface area contributed by atoms with Crippen molar-refractivity contribution in [2.45, 2.75) is 58.3 Å². The number of amides is 2. The van der Waals surface area contributed by atoms with Crippen LogP contribution in [0, 0.1) is 5.92 Å². The second-order valence-corrected chi connectivity index (χ2v) is 9.29.